The fourth-order valence-corrected chi connectivity index (χ4v) is 2.57. The Kier molecular flexibility index (Phi) is 4.72. The summed E-state index contributed by atoms with van der Waals surface area (Å²) in [7, 11) is 0. The van der Waals surface area contributed by atoms with E-state index in [1.54, 1.807) is 0 Å². The first-order valence-electron chi connectivity index (χ1n) is 5.92. The van der Waals surface area contributed by atoms with Crippen LogP contribution in [0.25, 0.3) is 0 Å². The van der Waals surface area contributed by atoms with Gasteiger partial charge in [-0.05, 0) is 18.8 Å². The van der Waals surface area contributed by atoms with Crippen molar-refractivity contribution >= 4 is 18.3 Å². The van der Waals surface area contributed by atoms with E-state index in [2.05, 4.69) is 0 Å². The highest BCUT2D eigenvalue weighted by Gasteiger charge is 2.47. The molecule has 1 aliphatic carbocycles. The number of alkyl halides is 2. The predicted octanol–water partition coefficient (Wildman–Crippen LogP) is 1.79. The van der Waals surface area contributed by atoms with Crippen LogP contribution in [0.1, 0.15) is 32.1 Å². The van der Waals surface area contributed by atoms with Crippen LogP contribution in [-0.2, 0) is 4.79 Å². The smallest absolute Gasteiger partial charge is 0.282 e. The van der Waals surface area contributed by atoms with Crippen molar-refractivity contribution in [1.82, 2.24) is 4.90 Å². The van der Waals surface area contributed by atoms with Crippen LogP contribution < -0.4 is 5.73 Å². The van der Waals surface area contributed by atoms with E-state index < -0.39 is 25.1 Å². The van der Waals surface area contributed by atoms with Crippen molar-refractivity contribution in [2.24, 2.45) is 11.7 Å². The number of likely N-dealkylation sites (tertiary alicyclic amines) is 1. The van der Waals surface area contributed by atoms with Gasteiger partial charge in [0.15, 0.2) is 0 Å². The molecule has 1 amide bonds. The Balaban J connectivity index is 0.00000144. The molecular weight excluding hydrogens is 250 g/mol. The largest absolute Gasteiger partial charge is 0.329 e. The average molecular weight is 269 g/mol. The number of carbonyl (C=O) groups excluding carboxylic acids is 1. The zero-order chi connectivity index (χ0) is 11.8. The van der Waals surface area contributed by atoms with Gasteiger partial charge in [-0.15, -0.1) is 12.4 Å². The van der Waals surface area contributed by atoms with Crippen molar-refractivity contribution in [2.75, 3.05) is 13.1 Å². The number of amides is 1. The summed E-state index contributed by atoms with van der Waals surface area (Å²) in [6.45, 7) is -0.904. The standard InChI is InChI=1S/C11H18F2N2O.ClH/c12-11(13)6-15(7-11)10(16)9(14)8-4-2-1-3-5-8;/h8-9H,1-7,14H2;1H/t9-;/m0./s1. The van der Waals surface area contributed by atoms with Gasteiger partial charge in [-0.25, -0.2) is 8.78 Å². The molecule has 1 heterocycles. The van der Waals surface area contributed by atoms with Crippen molar-refractivity contribution in [3.63, 3.8) is 0 Å². The maximum atomic E-state index is 12.6. The average Bonchev–Trinajstić information content (AvgIpc) is 2.25. The van der Waals surface area contributed by atoms with Gasteiger partial charge in [-0.3, -0.25) is 4.79 Å². The van der Waals surface area contributed by atoms with Crippen molar-refractivity contribution in [3.8, 4) is 0 Å². The molecule has 3 nitrogen and oxygen atoms in total. The normalized spacial score (nSPS) is 25.7. The summed E-state index contributed by atoms with van der Waals surface area (Å²) >= 11 is 0. The first-order chi connectivity index (χ1) is 7.49. The molecule has 0 aromatic carbocycles. The Morgan fingerprint density at radius 1 is 1.24 bits per heavy atom. The van der Waals surface area contributed by atoms with Crippen LogP contribution in [-0.4, -0.2) is 35.9 Å². The van der Waals surface area contributed by atoms with E-state index in [9.17, 15) is 13.6 Å². The molecule has 100 valence electrons. The molecule has 6 heteroatoms. The van der Waals surface area contributed by atoms with E-state index in [1.807, 2.05) is 0 Å². The monoisotopic (exact) mass is 268 g/mol. The fraction of sp³-hybridized carbons (Fsp3) is 0.909. The van der Waals surface area contributed by atoms with E-state index in [1.165, 1.54) is 11.3 Å². The third-order valence-electron chi connectivity index (χ3n) is 3.60. The Labute approximate surface area is 106 Å². The van der Waals surface area contributed by atoms with E-state index in [0.29, 0.717) is 0 Å². The second kappa shape index (κ2) is 5.48. The highest BCUT2D eigenvalue weighted by atomic mass is 35.5. The summed E-state index contributed by atoms with van der Waals surface area (Å²) in [5, 5.41) is 0. The quantitative estimate of drug-likeness (QED) is 0.830. The highest BCUT2D eigenvalue weighted by Crippen LogP contribution is 2.30. The molecule has 2 aliphatic rings. The summed E-state index contributed by atoms with van der Waals surface area (Å²) in [6.07, 6.45) is 5.30. The molecule has 17 heavy (non-hydrogen) atoms. The zero-order valence-electron chi connectivity index (χ0n) is 9.70. The molecule has 2 N–H and O–H groups in total. The minimum atomic E-state index is -2.69. The number of rotatable bonds is 2. The lowest BCUT2D eigenvalue weighted by Gasteiger charge is -2.41. The Morgan fingerprint density at radius 3 is 2.24 bits per heavy atom. The summed E-state index contributed by atoms with van der Waals surface area (Å²) in [4.78, 5) is 13.0. The van der Waals surface area contributed by atoms with E-state index in [0.717, 1.165) is 25.7 Å². The number of hydrogen-bond donors (Lipinski definition) is 1. The molecule has 1 atom stereocenters. The van der Waals surface area contributed by atoms with Crippen LogP contribution in [0.2, 0.25) is 0 Å². The van der Waals surface area contributed by atoms with Crippen molar-refractivity contribution < 1.29 is 13.6 Å². The zero-order valence-corrected chi connectivity index (χ0v) is 10.5. The van der Waals surface area contributed by atoms with Gasteiger partial charge in [-0.1, -0.05) is 19.3 Å². The fourth-order valence-electron chi connectivity index (χ4n) is 2.57. The van der Waals surface area contributed by atoms with Crippen LogP contribution in [0.15, 0.2) is 0 Å². The molecule has 0 unspecified atom stereocenters. The molecule has 2 rings (SSSR count). The van der Waals surface area contributed by atoms with E-state index in [4.69, 9.17) is 5.73 Å². The lowest BCUT2D eigenvalue weighted by atomic mass is 9.83. The Morgan fingerprint density at radius 2 is 1.76 bits per heavy atom. The topological polar surface area (TPSA) is 46.3 Å². The third-order valence-corrected chi connectivity index (χ3v) is 3.60. The summed E-state index contributed by atoms with van der Waals surface area (Å²) in [5.74, 6) is -2.80. The summed E-state index contributed by atoms with van der Waals surface area (Å²) in [5.41, 5.74) is 5.85. The highest BCUT2D eigenvalue weighted by molar-refractivity contribution is 5.85. The molecule has 0 aromatic rings. The SMILES string of the molecule is Cl.N[C@H](C(=O)N1CC(F)(F)C1)C1CCCCC1. The molecule has 0 aromatic heterocycles. The Bertz CT molecular complexity index is 275. The lowest BCUT2D eigenvalue weighted by Crippen LogP contribution is -2.62. The van der Waals surface area contributed by atoms with Crippen LogP contribution in [0, 0.1) is 5.92 Å². The summed E-state index contributed by atoms with van der Waals surface area (Å²) < 4.78 is 25.2. The third kappa shape index (κ3) is 3.28. The number of nitrogens with two attached hydrogens (primary N) is 1. The molecule has 0 radical (unpaired) electrons. The number of nitrogens with zero attached hydrogens (tertiary/aromatic N) is 1. The maximum Gasteiger partial charge on any atom is 0.282 e. The van der Waals surface area contributed by atoms with Crippen molar-refractivity contribution in [3.05, 3.63) is 0 Å². The predicted molar refractivity (Wildman–Crippen MR) is 63.3 cm³/mol. The minimum absolute atomic E-state index is 0. The summed E-state index contributed by atoms with van der Waals surface area (Å²) in [6, 6.07) is -0.573. The van der Waals surface area contributed by atoms with Gasteiger partial charge in [0.05, 0.1) is 19.1 Å². The molecule has 0 spiro atoms. The van der Waals surface area contributed by atoms with Gasteiger partial charge < -0.3 is 10.6 Å². The van der Waals surface area contributed by atoms with Crippen molar-refractivity contribution in [2.45, 2.75) is 44.1 Å². The molecule has 2 fully saturated rings. The molecular formula is C11H19ClF2N2O. The van der Waals surface area contributed by atoms with Gasteiger partial charge in [0.1, 0.15) is 0 Å². The Hall–Kier alpha value is -0.420. The molecule has 1 aliphatic heterocycles. The van der Waals surface area contributed by atoms with Gasteiger partial charge in [0.2, 0.25) is 5.91 Å². The second-order valence-corrected chi connectivity index (χ2v) is 4.97. The van der Waals surface area contributed by atoms with E-state index >= 15 is 0 Å². The van der Waals surface area contributed by atoms with Crippen LogP contribution in [0.4, 0.5) is 8.78 Å². The van der Waals surface area contributed by atoms with Crippen molar-refractivity contribution in [1.29, 1.82) is 0 Å². The van der Waals surface area contributed by atoms with Crippen LogP contribution in [0.5, 0.6) is 0 Å². The van der Waals surface area contributed by atoms with Crippen LogP contribution in [0.3, 0.4) is 0 Å². The minimum Gasteiger partial charge on any atom is -0.329 e. The van der Waals surface area contributed by atoms with E-state index in [-0.39, 0.29) is 24.2 Å². The maximum absolute atomic E-state index is 12.6. The van der Waals surface area contributed by atoms with Gasteiger partial charge in [-0.2, -0.15) is 0 Å². The number of carbonyl (C=O) groups is 1. The number of hydrogen-bond acceptors (Lipinski definition) is 2. The second-order valence-electron chi connectivity index (χ2n) is 4.97. The first-order valence-corrected chi connectivity index (χ1v) is 5.92. The van der Waals surface area contributed by atoms with Gasteiger partial charge >= 0.3 is 0 Å². The van der Waals surface area contributed by atoms with Crippen LogP contribution >= 0.6 is 12.4 Å². The lowest BCUT2D eigenvalue weighted by molar-refractivity contribution is -0.168. The molecule has 1 saturated heterocycles. The first kappa shape index (κ1) is 14.6. The molecule has 1 saturated carbocycles. The number of halogens is 3. The van der Waals surface area contributed by atoms with Gasteiger partial charge in [0, 0.05) is 0 Å². The molecule has 0 bridgehead atoms. The van der Waals surface area contributed by atoms with Gasteiger partial charge in [0.25, 0.3) is 5.92 Å².